The normalized spacial score (nSPS) is 12.1. The van der Waals surface area contributed by atoms with Gasteiger partial charge in [0.15, 0.2) is 0 Å². The number of rotatable bonds is 2. The Balaban J connectivity index is 1.60. The van der Waals surface area contributed by atoms with Crippen molar-refractivity contribution >= 4 is 54.5 Å². The second-order valence-electron chi connectivity index (χ2n) is 10.6. The molecule has 0 fully saturated rings. The molecule has 0 aliphatic rings. The van der Waals surface area contributed by atoms with Crippen LogP contribution in [0, 0.1) is 0 Å². The molecule has 9 aromatic rings. The van der Waals surface area contributed by atoms with Gasteiger partial charge in [-0.25, -0.2) is 0 Å². The molecule has 0 aliphatic carbocycles. The number of hydrogen-bond donors (Lipinski definition) is 0. The molecular formula is C37H22N2O. The van der Waals surface area contributed by atoms with Crippen molar-refractivity contribution in [3.05, 3.63) is 144 Å². The molecule has 186 valence electrons. The highest BCUT2D eigenvalue weighted by Crippen LogP contribution is 2.40. The second-order valence-corrected chi connectivity index (χ2v) is 10.6. The molecule has 3 heteroatoms. The minimum Gasteiger partial charge on any atom is -0.306 e. The Morgan fingerprint density at radius 1 is 0.350 bits per heavy atom. The van der Waals surface area contributed by atoms with Gasteiger partial charge < -0.3 is 4.40 Å². The molecule has 3 aromatic heterocycles. The van der Waals surface area contributed by atoms with E-state index in [0.29, 0.717) is 0 Å². The smallest absolute Gasteiger partial charge is 0.265 e. The van der Waals surface area contributed by atoms with Gasteiger partial charge in [0, 0.05) is 21.5 Å². The maximum Gasteiger partial charge on any atom is 0.265 e. The first kappa shape index (κ1) is 21.5. The van der Waals surface area contributed by atoms with Crippen molar-refractivity contribution in [2.45, 2.75) is 0 Å². The van der Waals surface area contributed by atoms with Crippen molar-refractivity contribution < 1.29 is 0 Å². The van der Waals surface area contributed by atoms with Crippen molar-refractivity contribution in [2.24, 2.45) is 0 Å². The van der Waals surface area contributed by atoms with E-state index in [4.69, 9.17) is 0 Å². The van der Waals surface area contributed by atoms with Crippen molar-refractivity contribution in [3.63, 3.8) is 0 Å². The Bertz CT molecular complexity index is 2490. The summed E-state index contributed by atoms with van der Waals surface area (Å²) in [5.74, 6) is 0. The third kappa shape index (κ3) is 2.76. The van der Waals surface area contributed by atoms with Gasteiger partial charge in [-0.1, -0.05) is 97.1 Å². The van der Waals surface area contributed by atoms with Crippen molar-refractivity contribution in [2.75, 3.05) is 0 Å². The summed E-state index contributed by atoms with van der Waals surface area (Å²) in [4.78, 5) is 14.5. The fourth-order valence-electron chi connectivity index (χ4n) is 6.68. The lowest BCUT2D eigenvalue weighted by atomic mass is 10.00. The van der Waals surface area contributed by atoms with Crippen LogP contribution in [0.2, 0.25) is 0 Å². The van der Waals surface area contributed by atoms with E-state index in [2.05, 4.69) is 114 Å². The Morgan fingerprint density at radius 2 is 0.975 bits per heavy atom. The van der Waals surface area contributed by atoms with Gasteiger partial charge in [0.2, 0.25) is 0 Å². The number of para-hydroxylation sites is 2. The van der Waals surface area contributed by atoms with E-state index in [0.717, 1.165) is 76.8 Å². The van der Waals surface area contributed by atoms with E-state index in [1.165, 1.54) is 0 Å². The minimum absolute atomic E-state index is 0.00771. The molecule has 0 spiro atoms. The fourth-order valence-corrected chi connectivity index (χ4v) is 6.68. The number of fused-ring (bicyclic) bond motifs is 7. The molecule has 0 unspecified atom stereocenters. The molecule has 0 amide bonds. The fraction of sp³-hybridized carbons (Fsp3) is 0. The molecule has 0 N–H and O–H groups in total. The molecule has 0 saturated heterocycles. The zero-order valence-corrected chi connectivity index (χ0v) is 21.5. The zero-order chi connectivity index (χ0) is 26.4. The largest absolute Gasteiger partial charge is 0.306 e. The predicted molar refractivity (Wildman–Crippen MR) is 167 cm³/mol. The van der Waals surface area contributed by atoms with Gasteiger partial charge in [-0.15, -0.1) is 0 Å². The quantitative estimate of drug-likeness (QED) is 0.228. The molecule has 9 rings (SSSR count). The monoisotopic (exact) mass is 510 g/mol. The number of nitrogens with zero attached hydrogens (tertiary/aromatic N) is 2. The molecule has 6 aromatic carbocycles. The SMILES string of the molecule is O=c1c2cccc3c4ccccc4n(c4cc(-c5ccccc5)cc5c6cc(-c7ccccc7)ccc6n1c54)c23. The second kappa shape index (κ2) is 7.81. The maximum absolute atomic E-state index is 14.5. The molecule has 0 aliphatic heterocycles. The molecule has 40 heavy (non-hydrogen) atoms. The lowest BCUT2D eigenvalue weighted by Crippen LogP contribution is -2.09. The lowest BCUT2D eigenvalue weighted by Gasteiger charge is -2.07. The summed E-state index contributed by atoms with van der Waals surface area (Å²) in [7, 11) is 0. The van der Waals surface area contributed by atoms with Gasteiger partial charge in [0.1, 0.15) is 0 Å². The van der Waals surface area contributed by atoms with Gasteiger partial charge in [-0.3, -0.25) is 9.20 Å². The summed E-state index contributed by atoms with van der Waals surface area (Å²) < 4.78 is 4.26. The number of benzene rings is 6. The highest BCUT2D eigenvalue weighted by Gasteiger charge is 2.21. The Kier molecular flexibility index (Phi) is 4.20. The Hall–Kier alpha value is -5.41. The van der Waals surface area contributed by atoms with E-state index < -0.39 is 0 Å². The van der Waals surface area contributed by atoms with Crippen LogP contribution < -0.4 is 5.56 Å². The van der Waals surface area contributed by atoms with Crippen LogP contribution in [0.3, 0.4) is 0 Å². The first-order chi connectivity index (χ1) is 19.8. The lowest BCUT2D eigenvalue weighted by molar-refractivity contribution is 1.21. The molecular weight excluding hydrogens is 488 g/mol. The standard InChI is InChI=1S/C37H22N2O/c40-37-29-16-9-15-28-27-14-7-8-17-32(27)38(35(28)29)34-22-26(24-12-5-2-6-13-24)21-31-30-20-25(23-10-3-1-4-11-23)18-19-33(30)39(37)36(31)34/h1-22H. The van der Waals surface area contributed by atoms with E-state index in [-0.39, 0.29) is 5.56 Å². The molecule has 0 atom stereocenters. The van der Waals surface area contributed by atoms with Crippen LogP contribution in [0.25, 0.3) is 76.8 Å². The predicted octanol–water partition coefficient (Wildman–Crippen LogP) is 8.94. The van der Waals surface area contributed by atoms with Gasteiger partial charge in [0.25, 0.3) is 5.56 Å². The Morgan fingerprint density at radius 3 is 1.77 bits per heavy atom. The van der Waals surface area contributed by atoms with Crippen molar-refractivity contribution in [1.82, 2.24) is 8.80 Å². The van der Waals surface area contributed by atoms with E-state index in [1.54, 1.807) is 0 Å². The van der Waals surface area contributed by atoms with Crippen LogP contribution in [0.1, 0.15) is 0 Å². The maximum atomic E-state index is 14.5. The number of aromatic nitrogens is 2. The molecule has 3 nitrogen and oxygen atoms in total. The summed E-state index contributed by atoms with van der Waals surface area (Å²) in [5, 5.41) is 5.13. The van der Waals surface area contributed by atoms with E-state index in [1.807, 2.05) is 28.7 Å². The topological polar surface area (TPSA) is 25.9 Å². The van der Waals surface area contributed by atoms with Gasteiger partial charge in [0.05, 0.1) is 33.0 Å². The average Bonchev–Trinajstić information content (AvgIpc) is 3.50. The molecule has 0 radical (unpaired) electrons. The Labute approximate surface area is 229 Å². The van der Waals surface area contributed by atoms with Crippen LogP contribution in [0.15, 0.2) is 138 Å². The van der Waals surface area contributed by atoms with Gasteiger partial charge in [-0.2, -0.15) is 0 Å². The highest BCUT2D eigenvalue weighted by atomic mass is 16.1. The molecule has 0 saturated carbocycles. The third-order valence-corrected chi connectivity index (χ3v) is 8.42. The summed E-state index contributed by atoms with van der Waals surface area (Å²) in [5.41, 5.74) is 9.56. The van der Waals surface area contributed by atoms with E-state index in [9.17, 15) is 4.79 Å². The number of hydrogen-bond acceptors (Lipinski definition) is 1. The summed E-state index contributed by atoms with van der Waals surface area (Å²) in [6.07, 6.45) is 0. The van der Waals surface area contributed by atoms with Crippen LogP contribution in [-0.2, 0) is 0 Å². The summed E-state index contributed by atoms with van der Waals surface area (Å²) in [6, 6.07) is 46.5. The van der Waals surface area contributed by atoms with Crippen LogP contribution >= 0.6 is 0 Å². The minimum atomic E-state index is 0.00771. The van der Waals surface area contributed by atoms with Gasteiger partial charge in [-0.05, 0) is 58.7 Å². The molecule has 3 heterocycles. The van der Waals surface area contributed by atoms with Gasteiger partial charge >= 0.3 is 0 Å². The van der Waals surface area contributed by atoms with Crippen LogP contribution in [0.5, 0.6) is 0 Å². The van der Waals surface area contributed by atoms with Crippen molar-refractivity contribution in [3.8, 4) is 22.3 Å². The first-order valence-corrected chi connectivity index (χ1v) is 13.6. The average molecular weight is 511 g/mol. The van der Waals surface area contributed by atoms with Crippen molar-refractivity contribution in [1.29, 1.82) is 0 Å². The van der Waals surface area contributed by atoms with E-state index >= 15 is 0 Å². The highest BCUT2D eigenvalue weighted by molar-refractivity contribution is 6.20. The molecule has 0 bridgehead atoms. The first-order valence-electron chi connectivity index (χ1n) is 13.6. The summed E-state index contributed by atoms with van der Waals surface area (Å²) >= 11 is 0. The zero-order valence-electron chi connectivity index (χ0n) is 21.5. The third-order valence-electron chi connectivity index (χ3n) is 8.42. The van der Waals surface area contributed by atoms with Crippen LogP contribution in [-0.4, -0.2) is 8.80 Å². The summed E-state index contributed by atoms with van der Waals surface area (Å²) in [6.45, 7) is 0. The van der Waals surface area contributed by atoms with Crippen LogP contribution in [0.4, 0.5) is 0 Å².